The van der Waals surface area contributed by atoms with Crippen LogP contribution in [0, 0.1) is 5.92 Å². The summed E-state index contributed by atoms with van der Waals surface area (Å²) in [6.07, 6.45) is 3.49. The van der Waals surface area contributed by atoms with E-state index < -0.39 is 22.0 Å². The molecule has 2 fully saturated rings. The molecule has 2 aliphatic rings. The van der Waals surface area contributed by atoms with Gasteiger partial charge in [0, 0.05) is 36.7 Å². The van der Waals surface area contributed by atoms with Crippen LogP contribution >= 0.6 is 11.8 Å². The van der Waals surface area contributed by atoms with Gasteiger partial charge in [-0.25, -0.2) is 8.42 Å². The molecule has 1 amide bonds. The minimum absolute atomic E-state index is 0.0236. The molecule has 2 aromatic rings. The van der Waals surface area contributed by atoms with Gasteiger partial charge in [-0.05, 0) is 24.8 Å². The van der Waals surface area contributed by atoms with Crippen LogP contribution in [0.15, 0.2) is 21.7 Å². The molecular formula is C18H25N5O4S2. The van der Waals surface area contributed by atoms with Crippen LogP contribution in [0.2, 0.25) is 0 Å². The van der Waals surface area contributed by atoms with E-state index in [0.717, 1.165) is 24.3 Å². The Morgan fingerprint density at radius 1 is 1.34 bits per heavy atom. The number of amides is 1. The van der Waals surface area contributed by atoms with E-state index >= 15 is 0 Å². The van der Waals surface area contributed by atoms with Crippen LogP contribution in [0.1, 0.15) is 60.9 Å². The number of H-pyrrole nitrogens is 1. The lowest BCUT2D eigenvalue weighted by molar-refractivity contribution is 0.0909. The smallest absolute Gasteiger partial charge is 0.268 e. The minimum Gasteiger partial charge on any atom is -0.356 e. The van der Waals surface area contributed by atoms with Gasteiger partial charge in [0.1, 0.15) is 16.6 Å². The normalized spacial score (nSPS) is 19.4. The van der Waals surface area contributed by atoms with Crippen LogP contribution in [0.3, 0.4) is 0 Å². The molecule has 2 N–H and O–H groups in total. The van der Waals surface area contributed by atoms with Gasteiger partial charge in [0.2, 0.25) is 15.9 Å². The molecule has 1 saturated carbocycles. The topological polar surface area (TPSA) is 121 Å². The monoisotopic (exact) mass is 439 g/mol. The second kappa shape index (κ2) is 8.11. The van der Waals surface area contributed by atoms with Crippen molar-refractivity contribution in [3.63, 3.8) is 0 Å². The molecule has 4 rings (SSSR count). The molecule has 0 radical (unpaired) electrons. The van der Waals surface area contributed by atoms with Crippen molar-refractivity contribution in [1.29, 1.82) is 0 Å². The molecule has 1 aliphatic heterocycles. The highest BCUT2D eigenvalue weighted by atomic mass is 32.2. The standard InChI is InChI=1S/C18H25N5O4S2/c1-11(2)15(18-21-16(22-27-18)12-3-4-12)20-17(24)14-9-13(10-19-14)29(25,26)23-5-7-28-8-6-23/h9-12,15,19H,3-8H2,1-2H3,(H,20,24). The number of nitrogens with zero attached hydrogens (tertiary/aromatic N) is 3. The fraction of sp³-hybridized carbons (Fsp3) is 0.611. The highest BCUT2D eigenvalue weighted by Crippen LogP contribution is 2.38. The highest BCUT2D eigenvalue weighted by molar-refractivity contribution is 7.99. The van der Waals surface area contributed by atoms with Crippen molar-refractivity contribution in [2.45, 2.75) is 43.5 Å². The molecule has 1 saturated heterocycles. The first-order valence-electron chi connectivity index (χ1n) is 9.77. The van der Waals surface area contributed by atoms with E-state index in [1.807, 2.05) is 13.8 Å². The fourth-order valence-electron chi connectivity index (χ4n) is 3.20. The van der Waals surface area contributed by atoms with E-state index in [2.05, 4.69) is 20.4 Å². The molecule has 1 aliphatic carbocycles. The van der Waals surface area contributed by atoms with Gasteiger partial charge in [-0.3, -0.25) is 4.79 Å². The van der Waals surface area contributed by atoms with Crippen molar-refractivity contribution in [2.24, 2.45) is 5.92 Å². The number of aromatic nitrogens is 3. The summed E-state index contributed by atoms with van der Waals surface area (Å²) >= 11 is 1.74. The Balaban J connectivity index is 1.48. The number of sulfonamides is 1. The number of aromatic amines is 1. The maximum atomic E-state index is 12.8. The zero-order valence-electron chi connectivity index (χ0n) is 16.4. The maximum absolute atomic E-state index is 12.8. The molecule has 9 nitrogen and oxygen atoms in total. The van der Waals surface area contributed by atoms with Crippen molar-refractivity contribution in [3.05, 3.63) is 29.7 Å². The average Bonchev–Trinajstić information content (AvgIpc) is 3.23. The molecule has 11 heteroatoms. The number of carbonyl (C=O) groups is 1. The molecule has 3 heterocycles. The SMILES string of the molecule is CC(C)C(NC(=O)c1cc(S(=O)(=O)N2CCSCC2)c[nH]1)c1nc(C2CC2)no1. The van der Waals surface area contributed by atoms with Crippen molar-refractivity contribution >= 4 is 27.7 Å². The Hall–Kier alpha value is -1.85. The van der Waals surface area contributed by atoms with Gasteiger partial charge in [-0.15, -0.1) is 0 Å². The predicted molar refractivity (Wildman–Crippen MR) is 108 cm³/mol. The number of carbonyl (C=O) groups excluding carboxylic acids is 1. The third-order valence-corrected chi connectivity index (χ3v) is 7.95. The summed E-state index contributed by atoms with van der Waals surface area (Å²) in [5.74, 6) is 2.59. The number of nitrogens with one attached hydrogen (secondary N) is 2. The molecule has 1 unspecified atom stereocenters. The summed E-state index contributed by atoms with van der Waals surface area (Å²) < 4.78 is 32.4. The van der Waals surface area contributed by atoms with Crippen molar-refractivity contribution in [2.75, 3.05) is 24.6 Å². The lowest BCUT2D eigenvalue weighted by atomic mass is 10.0. The van der Waals surface area contributed by atoms with Crippen LogP contribution in [-0.2, 0) is 10.0 Å². The van der Waals surface area contributed by atoms with Crippen LogP contribution in [0.4, 0.5) is 0 Å². The number of hydrogen-bond acceptors (Lipinski definition) is 7. The number of hydrogen-bond donors (Lipinski definition) is 2. The quantitative estimate of drug-likeness (QED) is 0.678. The van der Waals surface area contributed by atoms with Crippen LogP contribution < -0.4 is 5.32 Å². The number of rotatable bonds is 7. The number of thioether (sulfide) groups is 1. The van der Waals surface area contributed by atoms with E-state index in [4.69, 9.17) is 4.52 Å². The largest absolute Gasteiger partial charge is 0.356 e. The zero-order chi connectivity index (χ0) is 20.6. The van der Waals surface area contributed by atoms with E-state index in [1.54, 1.807) is 11.8 Å². The molecule has 0 spiro atoms. The van der Waals surface area contributed by atoms with E-state index in [0.29, 0.717) is 30.7 Å². The van der Waals surface area contributed by atoms with Gasteiger partial charge >= 0.3 is 0 Å². The molecule has 29 heavy (non-hydrogen) atoms. The van der Waals surface area contributed by atoms with Crippen molar-refractivity contribution in [3.8, 4) is 0 Å². The lowest BCUT2D eigenvalue weighted by Gasteiger charge is -2.24. The average molecular weight is 440 g/mol. The second-order valence-corrected chi connectivity index (χ2v) is 10.9. The maximum Gasteiger partial charge on any atom is 0.268 e. The predicted octanol–water partition coefficient (Wildman–Crippen LogP) is 2.14. The summed E-state index contributed by atoms with van der Waals surface area (Å²) in [7, 11) is -3.60. The molecule has 1 atom stereocenters. The Morgan fingerprint density at radius 3 is 2.72 bits per heavy atom. The van der Waals surface area contributed by atoms with Gasteiger partial charge in [-0.1, -0.05) is 19.0 Å². The summed E-state index contributed by atoms with van der Waals surface area (Å²) in [6.45, 7) is 4.86. The summed E-state index contributed by atoms with van der Waals surface area (Å²) in [5.41, 5.74) is 0.183. The Morgan fingerprint density at radius 2 is 2.07 bits per heavy atom. The molecule has 2 aromatic heterocycles. The minimum atomic E-state index is -3.60. The first-order chi connectivity index (χ1) is 13.9. The van der Waals surface area contributed by atoms with Gasteiger partial charge in [0.05, 0.1) is 0 Å². The summed E-state index contributed by atoms with van der Waals surface area (Å²) in [6, 6.07) is 0.928. The van der Waals surface area contributed by atoms with Crippen molar-refractivity contribution in [1.82, 2.24) is 24.7 Å². The highest BCUT2D eigenvalue weighted by Gasteiger charge is 2.32. The van der Waals surface area contributed by atoms with Gasteiger partial charge < -0.3 is 14.8 Å². The zero-order valence-corrected chi connectivity index (χ0v) is 18.1. The lowest BCUT2D eigenvalue weighted by Crippen LogP contribution is -2.37. The van der Waals surface area contributed by atoms with Gasteiger partial charge in [0.25, 0.3) is 5.91 Å². The third-order valence-electron chi connectivity index (χ3n) is 5.13. The van der Waals surface area contributed by atoms with E-state index in [9.17, 15) is 13.2 Å². The molecule has 158 valence electrons. The van der Waals surface area contributed by atoms with Gasteiger partial charge in [-0.2, -0.15) is 21.1 Å². The van der Waals surface area contributed by atoms with Gasteiger partial charge in [0.15, 0.2) is 5.82 Å². The molecule has 0 aromatic carbocycles. The second-order valence-electron chi connectivity index (χ2n) is 7.73. The molecule has 0 bridgehead atoms. The van der Waals surface area contributed by atoms with Crippen LogP contribution in [0.25, 0.3) is 0 Å². The van der Waals surface area contributed by atoms with E-state index in [1.165, 1.54) is 16.6 Å². The Kier molecular flexibility index (Phi) is 5.71. The Labute approximate surface area is 174 Å². The van der Waals surface area contributed by atoms with Crippen LogP contribution in [-0.4, -0.2) is 58.4 Å². The molecular weight excluding hydrogens is 414 g/mol. The van der Waals surface area contributed by atoms with E-state index in [-0.39, 0.29) is 16.5 Å². The fourth-order valence-corrected chi connectivity index (χ4v) is 5.77. The first kappa shape index (κ1) is 20.4. The first-order valence-corrected chi connectivity index (χ1v) is 12.4. The Bertz CT molecular complexity index is 974. The van der Waals surface area contributed by atoms with Crippen LogP contribution in [0.5, 0.6) is 0 Å². The third kappa shape index (κ3) is 4.36. The summed E-state index contributed by atoms with van der Waals surface area (Å²) in [4.78, 5) is 20.1. The summed E-state index contributed by atoms with van der Waals surface area (Å²) in [5, 5.41) is 6.91. The van der Waals surface area contributed by atoms with Crippen molar-refractivity contribution < 1.29 is 17.7 Å².